The molecule has 2 saturated heterocycles. The van der Waals surface area contributed by atoms with Crippen LogP contribution in [0.3, 0.4) is 0 Å². The zero-order chi connectivity index (χ0) is 11.1. The largest absolute Gasteiger partial charge is 0.356 e. The molecule has 0 saturated carbocycles. The molecule has 2 aliphatic rings. The van der Waals surface area contributed by atoms with Gasteiger partial charge < -0.3 is 9.80 Å². The van der Waals surface area contributed by atoms with E-state index in [1.165, 1.54) is 19.4 Å². The molecule has 0 spiro atoms. The first-order valence-corrected chi connectivity index (χ1v) is 6.01. The Hall–Kier alpha value is -0.870. The number of fused-ring (bicyclic) bond motifs is 1. The van der Waals surface area contributed by atoms with Gasteiger partial charge in [-0.2, -0.15) is 0 Å². The second-order valence-electron chi connectivity index (χ2n) is 4.85. The van der Waals surface area contributed by atoms with Crippen molar-refractivity contribution < 1.29 is 0 Å². The summed E-state index contributed by atoms with van der Waals surface area (Å²) in [4.78, 5) is 12.9. The molecule has 3 rings (SSSR count). The Morgan fingerprint density at radius 3 is 2.50 bits per heavy atom. The molecule has 2 atom stereocenters. The average molecular weight is 239 g/mol. The molecule has 0 unspecified atom stereocenters. The highest BCUT2D eigenvalue weighted by Gasteiger charge is 2.39. The van der Waals surface area contributed by atoms with Gasteiger partial charge in [-0.25, -0.2) is 9.97 Å². The Balaban J connectivity index is 1.75. The van der Waals surface area contributed by atoms with Gasteiger partial charge in [0, 0.05) is 32.2 Å². The molecular formula is C11H15ClN4. The van der Waals surface area contributed by atoms with E-state index >= 15 is 0 Å². The van der Waals surface area contributed by atoms with Crippen molar-refractivity contribution in [2.75, 3.05) is 38.1 Å². The highest BCUT2D eigenvalue weighted by molar-refractivity contribution is 6.29. The van der Waals surface area contributed by atoms with Crippen molar-refractivity contribution in [1.29, 1.82) is 0 Å². The van der Waals surface area contributed by atoms with E-state index in [4.69, 9.17) is 11.6 Å². The van der Waals surface area contributed by atoms with Crippen molar-refractivity contribution in [3.63, 3.8) is 0 Å². The molecule has 1 aromatic heterocycles. The van der Waals surface area contributed by atoms with E-state index in [-0.39, 0.29) is 0 Å². The zero-order valence-electron chi connectivity index (χ0n) is 9.30. The molecule has 16 heavy (non-hydrogen) atoms. The van der Waals surface area contributed by atoms with E-state index in [0.717, 1.165) is 30.7 Å². The fraction of sp³-hybridized carbons (Fsp3) is 0.636. The second-order valence-corrected chi connectivity index (χ2v) is 5.23. The van der Waals surface area contributed by atoms with Crippen molar-refractivity contribution in [3.05, 3.63) is 17.5 Å². The Labute approximate surface area is 100 Å². The third kappa shape index (κ3) is 1.76. The van der Waals surface area contributed by atoms with Crippen molar-refractivity contribution in [2.24, 2.45) is 11.8 Å². The number of hydrogen-bond acceptors (Lipinski definition) is 4. The van der Waals surface area contributed by atoms with E-state index in [1.807, 2.05) is 6.07 Å². The highest BCUT2D eigenvalue weighted by atomic mass is 35.5. The van der Waals surface area contributed by atoms with Gasteiger partial charge in [0.1, 0.15) is 17.3 Å². The smallest absolute Gasteiger partial charge is 0.134 e. The lowest BCUT2D eigenvalue weighted by Crippen LogP contribution is -2.27. The summed E-state index contributed by atoms with van der Waals surface area (Å²) >= 11 is 5.88. The van der Waals surface area contributed by atoms with E-state index in [9.17, 15) is 0 Å². The summed E-state index contributed by atoms with van der Waals surface area (Å²) < 4.78 is 0. The van der Waals surface area contributed by atoms with E-state index in [1.54, 1.807) is 0 Å². The number of nitrogens with zero attached hydrogens (tertiary/aromatic N) is 4. The van der Waals surface area contributed by atoms with E-state index < -0.39 is 0 Å². The van der Waals surface area contributed by atoms with Crippen LogP contribution in [0.5, 0.6) is 0 Å². The Morgan fingerprint density at radius 2 is 1.88 bits per heavy atom. The van der Waals surface area contributed by atoms with Gasteiger partial charge in [0.05, 0.1) is 0 Å². The number of likely N-dealkylation sites (tertiary alicyclic amines) is 1. The van der Waals surface area contributed by atoms with Crippen LogP contribution in [0.15, 0.2) is 12.4 Å². The van der Waals surface area contributed by atoms with Crippen LogP contribution in [-0.4, -0.2) is 48.1 Å². The van der Waals surface area contributed by atoms with Crippen molar-refractivity contribution in [2.45, 2.75) is 0 Å². The van der Waals surface area contributed by atoms with Crippen LogP contribution in [0, 0.1) is 11.8 Å². The maximum atomic E-state index is 5.88. The molecule has 0 radical (unpaired) electrons. The lowest BCUT2D eigenvalue weighted by Gasteiger charge is -2.19. The van der Waals surface area contributed by atoms with Crippen molar-refractivity contribution in [3.8, 4) is 0 Å². The molecular weight excluding hydrogens is 224 g/mol. The molecule has 2 aliphatic heterocycles. The maximum absolute atomic E-state index is 5.88. The number of halogens is 1. The minimum Gasteiger partial charge on any atom is -0.356 e. The van der Waals surface area contributed by atoms with Gasteiger partial charge in [0.25, 0.3) is 0 Å². The predicted molar refractivity (Wildman–Crippen MR) is 63.7 cm³/mol. The van der Waals surface area contributed by atoms with Crippen LogP contribution in [0.25, 0.3) is 0 Å². The minimum atomic E-state index is 0.527. The summed E-state index contributed by atoms with van der Waals surface area (Å²) in [6.07, 6.45) is 1.54. The van der Waals surface area contributed by atoms with Gasteiger partial charge in [-0.05, 0) is 18.9 Å². The first-order chi connectivity index (χ1) is 7.72. The fourth-order valence-corrected chi connectivity index (χ4v) is 3.05. The average Bonchev–Trinajstić information content (AvgIpc) is 2.74. The van der Waals surface area contributed by atoms with Gasteiger partial charge in [0.2, 0.25) is 0 Å². The normalized spacial score (nSPS) is 29.8. The van der Waals surface area contributed by atoms with Gasteiger partial charge in [0.15, 0.2) is 0 Å². The standard InChI is InChI=1S/C11H15ClN4/c1-15-3-8-5-16(6-9(8)4-15)11-2-10(12)13-7-14-11/h2,7-9H,3-6H2,1H3/t8-,9+. The van der Waals surface area contributed by atoms with Crippen LogP contribution in [0.2, 0.25) is 5.15 Å². The first kappa shape index (κ1) is 10.3. The second kappa shape index (κ2) is 3.86. The van der Waals surface area contributed by atoms with E-state index in [2.05, 4.69) is 26.8 Å². The van der Waals surface area contributed by atoms with Gasteiger partial charge >= 0.3 is 0 Å². The monoisotopic (exact) mass is 238 g/mol. The summed E-state index contributed by atoms with van der Waals surface area (Å²) in [5.41, 5.74) is 0. The molecule has 4 nitrogen and oxygen atoms in total. The number of anilines is 1. The van der Waals surface area contributed by atoms with Crippen LogP contribution in [0.4, 0.5) is 5.82 Å². The Morgan fingerprint density at radius 1 is 1.19 bits per heavy atom. The summed E-state index contributed by atoms with van der Waals surface area (Å²) in [7, 11) is 2.20. The number of hydrogen-bond donors (Lipinski definition) is 0. The summed E-state index contributed by atoms with van der Waals surface area (Å²) in [6.45, 7) is 4.62. The number of aromatic nitrogens is 2. The molecule has 0 amide bonds. The Kier molecular flexibility index (Phi) is 2.48. The predicted octanol–water partition coefficient (Wildman–Crippen LogP) is 1.13. The lowest BCUT2D eigenvalue weighted by atomic mass is 10.0. The molecule has 5 heteroatoms. The molecule has 0 bridgehead atoms. The molecule has 0 aliphatic carbocycles. The SMILES string of the molecule is CN1C[C@@H]2CN(c3cc(Cl)ncn3)C[C@@H]2C1. The zero-order valence-corrected chi connectivity index (χ0v) is 10.1. The molecule has 0 aromatic carbocycles. The van der Waals surface area contributed by atoms with Gasteiger partial charge in [-0.15, -0.1) is 0 Å². The van der Waals surface area contributed by atoms with Crippen molar-refractivity contribution in [1.82, 2.24) is 14.9 Å². The molecule has 3 heterocycles. The van der Waals surface area contributed by atoms with Crippen molar-refractivity contribution >= 4 is 17.4 Å². The van der Waals surface area contributed by atoms with E-state index in [0.29, 0.717) is 5.15 Å². The fourth-order valence-electron chi connectivity index (χ4n) is 2.91. The van der Waals surface area contributed by atoms with Crippen LogP contribution in [-0.2, 0) is 0 Å². The number of rotatable bonds is 1. The van der Waals surface area contributed by atoms with Gasteiger partial charge in [-0.1, -0.05) is 11.6 Å². The third-order valence-electron chi connectivity index (χ3n) is 3.61. The van der Waals surface area contributed by atoms with Crippen LogP contribution in [0.1, 0.15) is 0 Å². The quantitative estimate of drug-likeness (QED) is 0.687. The van der Waals surface area contributed by atoms with Crippen LogP contribution < -0.4 is 4.90 Å². The summed E-state index contributed by atoms with van der Waals surface area (Å²) in [6, 6.07) is 1.85. The minimum absolute atomic E-state index is 0.527. The third-order valence-corrected chi connectivity index (χ3v) is 3.82. The first-order valence-electron chi connectivity index (χ1n) is 5.63. The summed E-state index contributed by atoms with van der Waals surface area (Å²) in [5, 5.41) is 0.527. The lowest BCUT2D eigenvalue weighted by molar-refractivity contribution is 0.387. The maximum Gasteiger partial charge on any atom is 0.134 e. The summed E-state index contributed by atoms with van der Waals surface area (Å²) in [5.74, 6) is 2.55. The van der Waals surface area contributed by atoms with Crippen LogP contribution >= 0.6 is 11.6 Å². The molecule has 0 N–H and O–H groups in total. The highest BCUT2D eigenvalue weighted by Crippen LogP contribution is 2.32. The molecule has 86 valence electrons. The Bertz CT molecular complexity index is 383. The van der Waals surface area contributed by atoms with Gasteiger partial charge in [-0.3, -0.25) is 0 Å². The topological polar surface area (TPSA) is 32.3 Å². The molecule has 1 aromatic rings. The molecule has 2 fully saturated rings.